The van der Waals surface area contributed by atoms with Gasteiger partial charge in [0.2, 0.25) is 5.82 Å². The molecule has 0 radical (unpaired) electrons. The van der Waals surface area contributed by atoms with E-state index in [-0.39, 0.29) is 17.4 Å². The van der Waals surface area contributed by atoms with Crippen molar-refractivity contribution in [2.45, 2.75) is 6.42 Å². The zero-order valence-electron chi connectivity index (χ0n) is 11.0. The van der Waals surface area contributed by atoms with E-state index in [2.05, 4.69) is 0 Å². The lowest BCUT2D eigenvalue weighted by molar-refractivity contribution is -0.387. The third kappa shape index (κ3) is 2.93. The standard InChI is InChI=1S/C13H15FN2O4/c1-20-8-9-4-5-15(7-9)13(17)10-2-3-11(14)12(6-10)16(18)19/h2-3,6,9H,4-5,7-8H2,1H3. The Labute approximate surface area is 115 Å². The highest BCUT2D eigenvalue weighted by Crippen LogP contribution is 2.22. The van der Waals surface area contributed by atoms with Crippen LogP contribution >= 0.6 is 0 Å². The highest BCUT2D eigenvalue weighted by molar-refractivity contribution is 5.95. The van der Waals surface area contributed by atoms with Crippen molar-refractivity contribution in [2.75, 3.05) is 26.8 Å². The van der Waals surface area contributed by atoms with Gasteiger partial charge in [-0.2, -0.15) is 4.39 Å². The molecule has 1 heterocycles. The second-order valence-electron chi connectivity index (χ2n) is 4.78. The number of carbonyl (C=O) groups is 1. The minimum absolute atomic E-state index is 0.135. The fourth-order valence-corrected chi connectivity index (χ4v) is 2.36. The molecule has 1 unspecified atom stereocenters. The molecule has 0 N–H and O–H groups in total. The maximum absolute atomic E-state index is 13.2. The number of halogens is 1. The van der Waals surface area contributed by atoms with Crippen LogP contribution in [0.2, 0.25) is 0 Å². The molecule has 1 amide bonds. The van der Waals surface area contributed by atoms with Gasteiger partial charge in [0.05, 0.1) is 11.5 Å². The lowest BCUT2D eigenvalue weighted by atomic mass is 10.1. The first-order chi connectivity index (χ1) is 9.52. The smallest absolute Gasteiger partial charge is 0.305 e. The van der Waals surface area contributed by atoms with Gasteiger partial charge in [-0.25, -0.2) is 0 Å². The molecule has 20 heavy (non-hydrogen) atoms. The molecule has 1 aromatic rings. The molecule has 2 rings (SSSR count). The predicted octanol–water partition coefficient (Wildman–Crippen LogP) is 1.84. The summed E-state index contributed by atoms with van der Waals surface area (Å²) in [5.74, 6) is -0.976. The third-order valence-corrected chi connectivity index (χ3v) is 3.37. The number of nitrogens with zero attached hydrogens (tertiary/aromatic N) is 2. The summed E-state index contributed by atoms with van der Waals surface area (Å²) in [7, 11) is 1.60. The molecule has 0 spiro atoms. The number of carbonyl (C=O) groups excluding carboxylic acids is 1. The van der Waals surface area contributed by atoms with E-state index in [1.54, 1.807) is 12.0 Å². The minimum atomic E-state index is -0.940. The first-order valence-corrected chi connectivity index (χ1v) is 6.25. The molecule has 1 aliphatic heterocycles. The molecule has 1 atom stereocenters. The van der Waals surface area contributed by atoms with Crippen LogP contribution < -0.4 is 0 Å². The molecule has 0 aliphatic carbocycles. The molecule has 1 aliphatic rings. The molecule has 6 nitrogen and oxygen atoms in total. The third-order valence-electron chi connectivity index (χ3n) is 3.37. The average molecular weight is 282 g/mol. The summed E-state index contributed by atoms with van der Waals surface area (Å²) in [6, 6.07) is 3.21. The lowest BCUT2D eigenvalue weighted by Crippen LogP contribution is -2.29. The number of amides is 1. The molecular weight excluding hydrogens is 267 g/mol. The Morgan fingerprint density at radius 3 is 3.00 bits per heavy atom. The topological polar surface area (TPSA) is 72.7 Å². The van der Waals surface area contributed by atoms with Crippen molar-refractivity contribution in [1.82, 2.24) is 4.90 Å². The number of ether oxygens (including phenoxy) is 1. The van der Waals surface area contributed by atoms with Crippen molar-refractivity contribution in [3.05, 3.63) is 39.7 Å². The van der Waals surface area contributed by atoms with Crippen LogP contribution in [0.3, 0.4) is 0 Å². The normalized spacial score (nSPS) is 18.3. The van der Waals surface area contributed by atoms with Gasteiger partial charge in [-0.15, -0.1) is 0 Å². The summed E-state index contributed by atoms with van der Waals surface area (Å²) >= 11 is 0. The summed E-state index contributed by atoms with van der Waals surface area (Å²) in [5, 5.41) is 10.7. The number of hydrogen-bond donors (Lipinski definition) is 0. The monoisotopic (exact) mass is 282 g/mol. The van der Waals surface area contributed by atoms with E-state index < -0.39 is 16.4 Å². The Kier molecular flexibility index (Phi) is 4.29. The quantitative estimate of drug-likeness (QED) is 0.624. The Morgan fingerprint density at radius 2 is 2.35 bits per heavy atom. The first kappa shape index (κ1) is 14.4. The lowest BCUT2D eigenvalue weighted by Gasteiger charge is -2.16. The van der Waals surface area contributed by atoms with Crippen LogP contribution in [0.15, 0.2) is 18.2 Å². The van der Waals surface area contributed by atoms with Crippen LogP contribution in [0.1, 0.15) is 16.8 Å². The zero-order chi connectivity index (χ0) is 14.7. The zero-order valence-corrected chi connectivity index (χ0v) is 11.0. The van der Waals surface area contributed by atoms with E-state index in [9.17, 15) is 19.3 Å². The summed E-state index contributed by atoms with van der Waals surface area (Å²) in [5.41, 5.74) is -0.542. The number of rotatable bonds is 4. The van der Waals surface area contributed by atoms with E-state index in [1.165, 1.54) is 6.07 Å². The van der Waals surface area contributed by atoms with E-state index in [0.29, 0.717) is 19.7 Å². The molecule has 108 valence electrons. The SMILES string of the molecule is COCC1CCN(C(=O)c2ccc(F)c([N+](=O)[O-])c2)C1. The molecule has 1 fully saturated rings. The van der Waals surface area contributed by atoms with Crippen LogP contribution in [0.5, 0.6) is 0 Å². The first-order valence-electron chi connectivity index (χ1n) is 6.25. The van der Waals surface area contributed by atoms with Gasteiger partial charge in [-0.3, -0.25) is 14.9 Å². The van der Waals surface area contributed by atoms with Crippen LogP contribution in [0.25, 0.3) is 0 Å². The van der Waals surface area contributed by atoms with Gasteiger partial charge in [0, 0.05) is 37.7 Å². The number of likely N-dealkylation sites (tertiary alicyclic amines) is 1. The molecular formula is C13H15FN2O4. The Balaban J connectivity index is 2.14. The molecule has 0 aromatic heterocycles. The van der Waals surface area contributed by atoms with Crippen LogP contribution in [0, 0.1) is 21.8 Å². The highest BCUT2D eigenvalue weighted by Gasteiger charge is 2.28. The second-order valence-corrected chi connectivity index (χ2v) is 4.78. The highest BCUT2D eigenvalue weighted by atomic mass is 19.1. The van der Waals surface area contributed by atoms with Crippen LogP contribution in [0.4, 0.5) is 10.1 Å². The van der Waals surface area contributed by atoms with Crippen molar-refractivity contribution < 1.29 is 18.8 Å². The van der Waals surface area contributed by atoms with E-state index >= 15 is 0 Å². The Bertz CT molecular complexity index is 535. The van der Waals surface area contributed by atoms with Gasteiger partial charge in [0.25, 0.3) is 5.91 Å². The van der Waals surface area contributed by atoms with Gasteiger partial charge in [-0.1, -0.05) is 0 Å². The van der Waals surface area contributed by atoms with Gasteiger partial charge in [0.1, 0.15) is 0 Å². The Morgan fingerprint density at radius 1 is 1.60 bits per heavy atom. The maximum Gasteiger partial charge on any atom is 0.305 e. The molecule has 7 heteroatoms. The predicted molar refractivity (Wildman–Crippen MR) is 68.9 cm³/mol. The molecule has 1 aromatic carbocycles. The summed E-state index contributed by atoms with van der Waals surface area (Å²) in [4.78, 5) is 23.7. The number of methoxy groups -OCH3 is 1. The van der Waals surface area contributed by atoms with Gasteiger partial charge >= 0.3 is 5.69 Å². The van der Waals surface area contributed by atoms with E-state index in [1.807, 2.05) is 0 Å². The van der Waals surface area contributed by atoms with Gasteiger partial charge < -0.3 is 9.64 Å². The fourth-order valence-electron chi connectivity index (χ4n) is 2.36. The van der Waals surface area contributed by atoms with Gasteiger partial charge in [-0.05, 0) is 18.6 Å². The van der Waals surface area contributed by atoms with E-state index in [0.717, 1.165) is 18.6 Å². The maximum atomic E-state index is 13.2. The minimum Gasteiger partial charge on any atom is -0.384 e. The van der Waals surface area contributed by atoms with Crippen molar-refractivity contribution >= 4 is 11.6 Å². The summed E-state index contributed by atoms with van der Waals surface area (Å²) < 4.78 is 18.3. The molecule has 0 bridgehead atoms. The molecule has 0 saturated carbocycles. The average Bonchev–Trinajstić information content (AvgIpc) is 2.87. The van der Waals surface area contributed by atoms with Crippen LogP contribution in [-0.4, -0.2) is 42.5 Å². The van der Waals surface area contributed by atoms with Crippen molar-refractivity contribution in [1.29, 1.82) is 0 Å². The number of benzene rings is 1. The Hall–Kier alpha value is -2.02. The number of nitro benzene ring substituents is 1. The number of hydrogen-bond acceptors (Lipinski definition) is 4. The summed E-state index contributed by atoms with van der Waals surface area (Å²) in [6.45, 7) is 1.71. The van der Waals surface area contributed by atoms with Crippen molar-refractivity contribution in [3.8, 4) is 0 Å². The number of nitro groups is 1. The largest absolute Gasteiger partial charge is 0.384 e. The summed E-state index contributed by atoms with van der Waals surface area (Å²) in [6.07, 6.45) is 0.836. The molecule has 1 saturated heterocycles. The van der Waals surface area contributed by atoms with E-state index in [4.69, 9.17) is 4.74 Å². The van der Waals surface area contributed by atoms with Crippen molar-refractivity contribution in [3.63, 3.8) is 0 Å². The van der Waals surface area contributed by atoms with Gasteiger partial charge in [0.15, 0.2) is 0 Å². The fraction of sp³-hybridized carbons (Fsp3) is 0.462. The van der Waals surface area contributed by atoms with Crippen molar-refractivity contribution in [2.24, 2.45) is 5.92 Å². The second kappa shape index (κ2) is 5.96. The van der Waals surface area contributed by atoms with Crippen LogP contribution in [-0.2, 0) is 4.74 Å².